The highest BCUT2D eigenvalue weighted by atomic mass is 19.1. The lowest BCUT2D eigenvalue weighted by Gasteiger charge is -2.20. The van der Waals surface area contributed by atoms with Crippen molar-refractivity contribution >= 4 is 23.9 Å². The van der Waals surface area contributed by atoms with Crippen molar-refractivity contribution in [3.63, 3.8) is 0 Å². The van der Waals surface area contributed by atoms with Gasteiger partial charge in [0.25, 0.3) is 0 Å². The Hall–Kier alpha value is -4.19. The average Bonchev–Trinajstić information content (AvgIpc) is 2.84. The predicted molar refractivity (Wildman–Crippen MR) is 129 cm³/mol. The first-order chi connectivity index (χ1) is 16.5. The Morgan fingerprint density at radius 2 is 1.65 bits per heavy atom. The number of aromatic nitrogens is 2. The summed E-state index contributed by atoms with van der Waals surface area (Å²) < 4.78 is 26.9. The lowest BCUT2D eigenvalue weighted by atomic mass is 9.91. The Kier molecular flexibility index (Phi) is 5.95. The third-order valence-corrected chi connectivity index (χ3v) is 5.72. The Morgan fingerprint density at radius 1 is 0.882 bits per heavy atom. The molecular weight excluding hydrogens is 432 g/mol. The van der Waals surface area contributed by atoms with Crippen LogP contribution in [0.2, 0.25) is 0 Å². The van der Waals surface area contributed by atoms with Crippen LogP contribution < -0.4 is 5.32 Å². The maximum absolute atomic E-state index is 13.8. The van der Waals surface area contributed by atoms with Gasteiger partial charge in [-0.3, -0.25) is 4.79 Å². The van der Waals surface area contributed by atoms with E-state index in [1.165, 1.54) is 24.3 Å². The van der Waals surface area contributed by atoms with Crippen LogP contribution in [0.15, 0.2) is 72.8 Å². The van der Waals surface area contributed by atoms with E-state index in [0.29, 0.717) is 35.6 Å². The molecule has 0 saturated carbocycles. The number of carbonyl (C=O) groups excluding carboxylic acids is 1. The highest BCUT2D eigenvalue weighted by Crippen LogP contribution is 2.33. The zero-order valence-electron chi connectivity index (χ0n) is 18.3. The monoisotopic (exact) mass is 453 g/mol. The summed E-state index contributed by atoms with van der Waals surface area (Å²) in [6, 6.07) is 20.3. The molecule has 1 N–H and O–H groups in total. The predicted octanol–water partition coefficient (Wildman–Crippen LogP) is 5.87. The topological polar surface area (TPSA) is 54.9 Å². The Balaban J connectivity index is 1.50. The lowest BCUT2D eigenvalue weighted by molar-refractivity contribution is -0.115. The van der Waals surface area contributed by atoms with E-state index in [2.05, 4.69) is 5.32 Å². The molecule has 168 valence electrons. The second kappa shape index (κ2) is 9.35. The first kappa shape index (κ1) is 21.6. The zero-order valence-corrected chi connectivity index (χ0v) is 18.3. The van der Waals surface area contributed by atoms with E-state index in [1.54, 1.807) is 18.2 Å². The fourth-order valence-electron chi connectivity index (χ4n) is 4.04. The van der Waals surface area contributed by atoms with Gasteiger partial charge in [0.05, 0.1) is 17.8 Å². The number of fused-ring (bicyclic) bond motifs is 3. The second-order valence-corrected chi connectivity index (χ2v) is 8.15. The van der Waals surface area contributed by atoms with Crippen LogP contribution in [0.5, 0.6) is 0 Å². The Bertz CT molecular complexity index is 1380. The van der Waals surface area contributed by atoms with Gasteiger partial charge in [0.15, 0.2) is 5.82 Å². The van der Waals surface area contributed by atoms with Crippen LogP contribution >= 0.6 is 0 Å². The number of amides is 1. The van der Waals surface area contributed by atoms with Crippen molar-refractivity contribution in [1.29, 1.82) is 0 Å². The van der Waals surface area contributed by atoms with Crippen molar-refractivity contribution in [1.82, 2.24) is 9.97 Å². The van der Waals surface area contributed by atoms with E-state index in [-0.39, 0.29) is 24.0 Å². The maximum atomic E-state index is 13.8. The van der Waals surface area contributed by atoms with Gasteiger partial charge in [-0.1, -0.05) is 48.5 Å². The van der Waals surface area contributed by atoms with Gasteiger partial charge >= 0.3 is 0 Å². The summed E-state index contributed by atoms with van der Waals surface area (Å²) in [5, 5.41) is 2.88. The van der Waals surface area contributed by atoms with Crippen LogP contribution in [-0.4, -0.2) is 15.9 Å². The fourth-order valence-corrected chi connectivity index (χ4v) is 4.04. The summed E-state index contributed by atoms with van der Waals surface area (Å²) in [5.74, 6) is -0.528. The van der Waals surface area contributed by atoms with Gasteiger partial charge in [-0.05, 0) is 65.9 Å². The van der Waals surface area contributed by atoms with Crippen LogP contribution in [0.25, 0.3) is 23.4 Å². The van der Waals surface area contributed by atoms with Crippen molar-refractivity contribution in [2.24, 2.45) is 0 Å². The number of carbonyl (C=O) groups is 1. The number of benzene rings is 3. The van der Waals surface area contributed by atoms with Gasteiger partial charge in [-0.2, -0.15) is 0 Å². The van der Waals surface area contributed by atoms with Crippen LogP contribution in [-0.2, 0) is 24.1 Å². The van der Waals surface area contributed by atoms with Crippen molar-refractivity contribution in [2.75, 3.05) is 5.32 Å². The van der Waals surface area contributed by atoms with E-state index in [9.17, 15) is 13.6 Å². The largest absolute Gasteiger partial charge is 0.309 e. The van der Waals surface area contributed by atoms with Gasteiger partial charge in [0.2, 0.25) is 5.91 Å². The first-order valence-electron chi connectivity index (χ1n) is 11.0. The van der Waals surface area contributed by atoms with E-state index >= 15 is 0 Å². The quantitative estimate of drug-likeness (QED) is 0.411. The third kappa shape index (κ3) is 4.76. The van der Waals surface area contributed by atoms with E-state index < -0.39 is 0 Å². The number of nitrogens with one attached hydrogen (secondary N) is 1. The number of hydrogen-bond acceptors (Lipinski definition) is 3. The Labute approximate surface area is 196 Å². The third-order valence-electron chi connectivity index (χ3n) is 5.72. The van der Waals surface area contributed by atoms with E-state index in [0.717, 1.165) is 22.4 Å². The molecule has 0 unspecified atom stereocenters. The van der Waals surface area contributed by atoms with Gasteiger partial charge in [-0.15, -0.1) is 0 Å². The molecule has 1 amide bonds. The van der Waals surface area contributed by atoms with Crippen molar-refractivity contribution in [3.05, 3.63) is 113 Å². The molecule has 1 heterocycles. The highest BCUT2D eigenvalue weighted by molar-refractivity contribution is 5.93. The van der Waals surface area contributed by atoms with Crippen LogP contribution in [0, 0.1) is 11.6 Å². The number of aryl methyl sites for hydroxylation is 2. The summed E-state index contributed by atoms with van der Waals surface area (Å²) in [6.45, 7) is 0. The van der Waals surface area contributed by atoms with Crippen molar-refractivity contribution < 1.29 is 13.6 Å². The molecule has 4 nitrogen and oxygen atoms in total. The number of nitrogens with zero attached hydrogens (tertiary/aromatic N) is 2. The van der Waals surface area contributed by atoms with E-state index in [1.807, 2.05) is 42.5 Å². The minimum Gasteiger partial charge on any atom is -0.309 e. The standard InChI is InChI=1S/C28H21F2N3O/c29-21-10-6-19(7-11-21)16-26(34)33-28-25(14-8-18-4-2-1-3-5-18)31-27-23-13-12-22(30)17-20(23)9-15-24(27)32-28/h1-8,10-14,17H,9,15-16H2,(H,32,33,34)/b14-8+. The van der Waals surface area contributed by atoms with E-state index in [4.69, 9.17) is 9.97 Å². The molecular formula is C28H21F2N3O. The molecule has 0 atom stereocenters. The van der Waals surface area contributed by atoms with Crippen molar-refractivity contribution in [2.45, 2.75) is 19.3 Å². The molecule has 0 bridgehead atoms. The maximum Gasteiger partial charge on any atom is 0.230 e. The summed E-state index contributed by atoms with van der Waals surface area (Å²) in [4.78, 5) is 22.3. The number of halogens is 2. The summed E-state index contributed by atoms with van der Waals surface area (Å²) in [7, 11) is 0. The lowest BCUT2D eigenvalue weighted by Crippen LogP contribution is -2.19. The molecule has 6 heteroatoms. The number of rotatable bonds is 5. The molecule has 0 radical (unpaired) electrons. The summed E-state index contributed by atoms with van der Waals surface area (Å²) in [6.07, 6.45) is 5.05. The molecule has 0 spiro atoms. The fraction of sp³-hybridized carbons (Fsp3) is 0.107. The number of anilines is 1. The normalized spacial score (nSPS) is 12.3. The molecule has 0 aliphatic heterocycles. The van der Waals surface area contributed by atoms with Gasteiger partial charge in [0, 0.05) is 5.56 Å². The molecule has 1 aliphatic rings. The number of hydrogen-bond donors (Lipinski definition) is 1. The van der Waals surface area contributed by atoms with Gasteiger partial charge in [-0.25, -0.2) is 18.7 Å². The molecule has 3 aromatic carbocycles. The van der Waals surface area contributed by atoms with Crippen LogP contribution in [0.4, 0.5) is 14.6 Å². The minimum absolute atomic E-state index is 0.0863. The van der Waals surface area contributed by atoms with Gasteiger partial charge in [0.1, 0.15) is 17.3 Å². The Morgan fingerprint density at radius 3 is 2.44 bits per heavy atom. The molecule has 1 aliphatic carbocycles. The smallest absolute Gasteiger partial charge is 0.230 e. The SMILES string of the molecule is O=C(Cc1ccc(F)cc1)Nc1nc2c(nc1/C=C/c1ccccc1)-c1ccc(F)cc1CC2. The molecule has 0 saturated heterocycles. The molecule has 5 rings (SSSR count). The zero-order chi connectivity index (χ0) is 23.5. The minimum atomic E-state index is -0.349. The van der Waals surface area contributed by atoms with Crippen LogP contribution in [0.1, 0.15) is 28.1 Å². The summed E-state index contributed by atoms with van der Waals surface area (Å²) >= 11 is 0. The second-order valence-electron chi connectivity index (χ2n) is 8.15. The molecule has 34 heavy (non-hydrogen) atoms. The van der Waals surface area contributed by atoms with Gasteiger partial charge < -0.3 is 5.32 Å². The summed E-state index contributed by atoms with van der Waals surface area (Å²) in [5.41, 5.74) is 5.39. The molecule has 4 aromatic rings. The molecule has 0 fully saturated rings. The molecule has 1 aromatic heterocycles. The first-order valence-corrected chi connectivity index (χ1v) is 11.0. The highest BCUT2D eigenvalue weighted by Gasteiger charge is 2.22. The average molecular weight is 453 g/mol. The van der Waals surface area contributed by atoms with Crippen molar-refractivity contribution in [3.8, 4) is 11.3 Å². The van der Waals surface area contributed by atoms with Crippen LogP contribution in [0.3, 0.4) is 0 Å².